The summed E-state index contributed by atoms with van der Waals surface area (Å²) in [5.74, 6) is 0. The first-order valence-electron chi connectivity index (χ1n) is 5.17. The Hall–Kier alpha value is -0.910. The fourth-order valence-electron chi connectivity index (χ4n) is 1.64. The molecule has 0 aromatic heterocycles. The lowest BCUT2D eigenvalue weighted by molar-refractivity contribution is 0.0548. The van der Waals surface area contributed by atoms with Gasteiger partial charge < -0.3 is 5.11 Å². The molecule has 4 nitrogen and oxygen atoms in total. The summed E-state index contributed by atoms with van der Waals surface area (Å²) in [6.07, 6.45) is -0.513. The Labute approximate surface area is 95.6 Å². The number of benzene rings is 1. The van der Waals surface area contributed by atoms with Crippen molar-refractivity contribution < 1.29 is 13.5 Å². The summed E-state index contributed by atoms with van der Waals surface area (Å²) in [4.78, 5) is 0.308. The van der Waals surface area contributed by atoms with Gasteiger partial charge in [-0.05, 0) is 37.1 Å². The molecule has 1 aliphatic rings. The van der Waals surface area contributed by atoms with Gasteiger partial charge in [-0.15, -0.1) is 0 Å². The van der Waals surface area contributed by atoms with Crippen molar-refractivity contribution in [1.82, 2.24) is 4.31 Å². The molecule has 88 valence electrons. The van der Waals surface area contributed by atoms with Crippen molar-refractivity contribution >= 4 is 10.0 Å². The van der Waals surface area contributed by atoms with Gasteiger partial charge in [0.1, 0.15) is 0 Å². The molecule has 0 atom stereocenters. The van der Waals surface area contributed by atoms with Gasteiger partial charge in [-0.25, -0.2) is 8.42 Å². The summed E-state index contributed by atoms with van der Waals surface area (Å²) in [5, 5.41) is 9.12. The Morgan fingerprint density at radius 1 is 1.25 bits per heavy atom. The lowest BCUT2D eigenvalue weighted by Crippen LogP contribution is -2.53. The standard InChI is InChI=1S/C11H15NO3S/c1-8-3-4-11(5-9(8)2)16(14,15)12-6-10(13)7-12/h3-5,10,13H,6-7H2,1-2H3. The normalized spacial score (nSPS) is 18.4. The Bertz CT molecular complexity index is 504. The Kier molecular flexibility index (Phi) is 2.77. The minimum absolute atomic E-state index is 0.204. The highest BCUT2D eigenvalue weighted by molar-refractivity contribution is 7.89. The molecule has 5 heteroatoms. The third-order valence-corrected chi connectivity index (χ3v) is 4.77. The van der Waals surface area contributed by atoms with E-state index in [1.807, 2.05) is 13.8 Å². The van der Waals surface area contributed by atoms with E-state index in [9.17, 15) is 8.42 Å². The van der Waals surface area contributed by atoms with Crippen LogP contribution in [-0.4, -0.2) is 37.0 Å². The largest absolute Gasteiger partial charge is 0.390 e. The van der Waals surface area contributed by atoms with E-state index in [0.717, 1.165) is 11.1 Å². The maximum atomic E-state index is 12.0. The molecular weight excluding hydrogens is 226 g/mol. The molecule has 2 rings (SSSR count). The van der Waals surface area contributed by atoms with Crippen LogP contribution in [0.5, 0.6) is 0 Å². The van der Waals surface area contributed by atoms with Gasteiger partial charge in [-0.1, -0.05) is 6.07 Å². The molecule has 1 heterocycles. The second kappa shape index (κ2) is 3.84. The Balaban J connectivity index is 2.33. The van der Waals surface area contributed by atoms with Crippen LogP contribution in [0.2, 0.25) is 0 Å². The fraction of sp³-hybridized carbons (Fsp3) is 0.455. The van der Waals surface area contributed by atoms with Crippen LogP contribution in [0.4, 0.5) is 0 Å². The fourth-order valence-corrected chi connectivity index (χ4v) is 3.24. The molecule has 0 spiro atoms. The highest BCUT2D eigenvalue weighted by Crippen LogP contribution is 2.23. The van der Waals surface area contributed by atoms with Gasteiger partial charge in [0.05, 0.1) is 11.0 Å². The molecule has 0 radical (unpaired) electrons. The minimum Gasteiger partial charge on any atom is -0.390 e. The molecule has 0 saturated carbocycles. The molecule has 1 saturated heterocycles. The van der Waals surface area contributed by atoms with Crippen LogP contribution >= 0.6 is 0 Å². The van der Waals surface area contributed by atoms with E-state index in [-0.39, 0.29) is 13.1 Å². The summed E-state index contributed by atoms with van der Waals surface area (Å²) in [6, 6.07) is 5.09. The SMILES string of the molecule is Cc1ccc(S(=O)(=O)N2CC(O)C2)cc1C. The topological polar surface area (TPSA) is 57.6 Å². The van der Waals surface area contributed by atoms with E-state index in [4.69, 9.17) is 5.11 Å². The second-order valence-corrected chi connectivity index (χ2v) is 6.16. The van der Waals surface area contributed by atoms with E-state index in [0.29, 0.717) is 4.90 Å². The van der Waals surface area contributed by atoms with Gasteiger partial charge in [-0.3, -0.25) is 0 Å². The maximum absolute atomic E-state index is 12.0. The number of aliphatic hydroxyl groups excluding tert-OH is 1. The highest BCUT2D eigenvalue weighted by atomic mass is 32.2. The van der Waals surface area contributed by atoms with Crippen LogP contribution in [-0.2, 0) is 10.0 Å². The summed E-state index contributed by atoms with van der Waals surface area (Å²) in [5.41, 5.74) is 2.03. The van der Waals surface area contributed by atoms with Crippen LogP contribution in [0, 0.1) is 13.8 Å². The number of aliphatic hydroxyl groups is 1. The summed E-state index contributed by atoms with van der Waals surface area (Å²) in [7, 11) is -3.40. The molecule has 0 aliphatic carbocycles. The minimum atomic E-state index is -3.40. The zero-order chi connectivity index (χ0) is 11.9. The second-order valence-electron chi connectivity index (χ2n) is 4.22. The van der Waals surface area contributed by atoms with Gasteiger partial charge in [-0.2, -0.15) is 4.31 Å². The molecule has 0 unspecified atom stereocenters. The molecule has 1 fully saturated rings. The van der Waals surface area contributed by atoms with E-state index in [1.165, 1.54) is 4.31 Å². The number of rotatable bonds is 2. The van der Waals surface area contributed by atoms with Crippen molar-refractivity contribution in [2.45, 2.75) is 24.8 Å². The average Bonchev–Trinajstić information content (AvgIpc) is 2.17. The van der Waals surface area contributed by atoms with Crippen LogP contribution in [0.1, 0.15) is 11.1 Å². The molecule has 1 aromatic rings. The highest BCUT2D eigenvalue weighted by Gasteiger charge is 2.35. The van der Waals surface area contributed by atoms with E-state index < -0.39 is 16.1 Å². The number of β-amino-alcohol motifs (C(OH)–C–C–N with tert-alkyl or cyclic N) is 1. The van der Waals surface area contributed by atoms with Crippen LogP contribution < -0.4 is 0 Å². The molecule has 0 amide bonds. The number of hydrogen-bond acceptors (Lipinski definition) is 3. The third-order valence-electron chi connectivity index (χ3n) is 2.94. The predicted molar refractivity (Wildman–Crippen MR) is 60.7 cm³/mol. The van der Waals surface area contributed by atoms with Gasteiger partial charge in [0.2, 0.25) is 10.0 Å². The van der Waals surface area contributed by atoms with Gasteiger partial charge in [0.15, 0.2) is 0 Å². The lowest BCUT2D eigenvalue weighted by Gasteiger charge is -2.34. The van der Waals surface area contributed by atoms with Gasteiger partial charge >= 0.3 is 0 Å². The van der Waals surface area contributed by atoms with Crippen LogP contribution in [0.15, 0.2) is 23.1 Å². The van der Waals surface area contributed by atoms with E-state index >= 15 is 0 Å². The van der Waals surface area contributed by atoms with Crippen molar-refractivity contribution in [1.29, 1.82) is 0 Å². The summed E-state index contributed by atoms with van der Waals surface area (Å²) >= 11 is 0. The third kappa shape index (κ3) is 1.86. The molecule has 1 aliphatic heterocycles. The quantitative estimate of drug-likeness (QED) is 0.828. The first kappa shape index (κ1) is 11.6. The first-order valence-corrected chi connectivity index (χ1v) is 6.61. The van der Waals surface area contributed by atoms with Crippen LogP contribution in [0.25, 0.3) is 0 Å². The summed E-state index contributed by atoms with van der Waals surface area (Å²) in [6.45, 7) is 4.24. The van der Waals surface area contributed by atoms with Crippen molar-refractivity contribution in [2.75, 3.05) is 13.1 Å². The smallest absolute Gasteiger partial charge is 0.243 e. The number of sulfonamides is 1. The summed E-state index contributed by atoms with van der Waals surface area (Å²) < 4.78 is 25.4. The number of hydrogen-bond donors (Lipinski definition) is 1. The predicted octanol–water partition coefficient (Wildman–Crippen LogP) is 0.669. The first-order chi connectivity index (χ1) is 7.41. The van der Waals surface area contributed by atoms with Crippen molar-refractivity contribution in [3.8, 4) is 0 Å². The van der Waals surface area contributed by atoms with Crippen LogP contribution in [0.3, 0.4) is 0 Å². The Morgan fingerprint density at radius 2 is 1.88 bits per heavy atom. The molecular formula is C11H15NO3S. The van der Waals surface area contributed by atoms with E-state index in [2.05, 4.69) is 0 Å². The maximum Gasteiger partial charge on any atom is 0.243 e. The van der Waals surface area contributed by atoms with Crippen molar-refractivity contribution in [3.05, 3.63) is 29.3 Å². The molecule has 0 bridgehead atoms. The van der Waals surface area contributed by atoms with E-state index in [1.54, 1.807) is 18.2 Å². The van der Waals surface area contributed by atoms with Gasteiger partial charge in [0.25, 0.3) is 0 Å². The zero-order valence-electron chi connectivity index (χ0n) is 9.34. The zero-order valence-corrected chi connectivity index (χ0v) is 10.2. The Morgan fingerprint density at radius 3 is 2.38 bits per heavy atom. The van der Waals surface area contributed by atoms with Crippen molar-refractivity contribution in [3.63, 3.8) is 0 Å². The number of aryl methyl sites for hydroxylation is 2. The lowest BCUT2D eigenvalue weighted by atomic mass is 10.1. The molecule has 1 N–H and O–H groups in total. The molecule has 16 heavy (non-hydrogen) atoms. The number of nitrogens with zero attached hydrogens (tertiary/aromatic N) is 1. The van der Waals surface area contributed by atoms with Gasteiger partial charge in [0, 0.05) is 13.1 Å². The van der Waals surface area contributed by atoms with Crippen molar-refractivity contribution in [2.24, 2.45) is 0 Å². The monoisotopic (exact) mass is 241 g/mol. The average molecular weight is 241 g/mol. The molecule has 1 aromatic carbocycles.